The van der Waals surface area contributed by atoms with Crippen LogP contribution in [0.25, 0.3) is 0 Å². The van der Waals surface area contributed by atoms with E-state index < -0.39 is 6.10 Å². The van der Waals surface area contributed by atoms with E-state index in [1.54, 1.807) is 10.9 Å². The van der Waals surface area contributed by atoms with E-state index in [-0.39, 0.29) is 24.4 Å². The van der Waals surface area contributed by atoms with E-state index in [0.717, 1.165) is 19.3 Å². The number of hydrogen-bond acceptors (Lipinski definition) is 4. The van der Waals surface area contributed by atoms with Gasteiger partial charge in [-0.15, -0.1) is 0 Å². The molecule has 0 aliphatic carbocycles. The van der Waals surface area contributed by atoms with Crippen LogP contribution in [0.15, 0.2) is 73.1 Å². The predicted molar refractivity (Wildman–Crippen MR) is 140 cm³/mol. The van der Waals surface area contributed by atoms with Crippen LogP contribution in [-0.4, -0.2) is 63.7 Å². The van der Waals surface area contributed by atoms with Gasteiger partial charge in [-0.05, 0) is 68.4 Å². The number of rotatable bonds is 9. The maximum Gasteiger partial charge on any atom is 0.263 e. The highest BCUT2D eigenvalue weighted by molar-refractivity contribution is 5.81. The fourth-order valence-electron chi connectivity index (χ4n) is 5.03. The molecule has 36 heavy (non-hydrogen) atoms. The van der Waals surface area contributed by atoms with Crippen molar-refractivity contribution in [3.63, 3.8) is 0 Å². The van der Waals surface area contributed by atoms with Crippen molar-refractivity contribution in [3.05, 3.63) is 84.2 Å². The summed E-state index contributed by atoms with van der Waals surface area (Å²) in [6.45, 7) is 5.48. The van der Waals surface area contributed by atoms with Gasteiger partial charge in [-0.2, -0.15) is 5.10 Å². The molecule has 7 nitrogen and oxygen atoms in total. The molecule has 4 rings (SSSR count). The van der Waals surface area contributed by atoms with Crippen molar-refractivity contribution in [1.29, 1.82) is 0 Å². The molecule has 2 amide bonds. The van der Waals surface area contributed by atoms with Crippen LogP contribution in [0, 0.1) is 12.8 Å². The van der Waals surface area contributed by atoms with Crippen molar-refractivity contribution < 1.29 is 14.3 Å². The fraction of sp³-hybridized carbons (Fsp3) is 0.414. The monoisotopic (exact) mass is 488 g/mol. The van der Waals surface area contributed by atoms with Gasteiger partial charge >= 0.3 is 0 Å². The smallest absolute Gasteiger partial charge is 0.263 e. The number of nitrogens with zero attached hydrogens (tertiary/aromatic N) is 4. The Morgan fingerprint density at radius 3 is 2.42 bits per heavy atom. The molecule has 1 aromatic heterocycles. The molecule has 190 valence electrons. The number of benzene rings is 2. The summed E-state index contributed by atoms with van der Waals surface area (Å²) in [7, 11) is 1.90. The minimum absolute atomic E-state index is 0.0101. The van der Waals surface area contributed by atoms with Gasteiger partial charge in [0.05, 0.1) is 0 Å². The lowest BCUT2D eigenvalue weighted by molar-refractivity contribution is -0.141. The molecule has 0 bridgehead atoms. The summed E-state index contributed by atoms with van der Waals surface area (Å²) in [6.07, 6.45) is 5.45. The quantitative estimate of drug-likeness (QED) is 0.457. The van der Waals surface area contributed by atoms with Crippen LogP contribution in [0.1, 0.15) is 30.9 Å². The van der Waals surface area contributed by atoms with E-state index in [2.05, 4.69) is 30.2 Å². The lowest BCUT2D eigenvalue weighted by Gasteiger charge is -2.40. The summed E-state index contributed by atoms with van der Waals surface area (Å²) < 4.78 is 7.53. The van der Waals surface area contributed by atoms with E-state index >= 15 is 0 Å². The minimum Gasteiger partial charge on any atom is -0.481 e. The zero-order valence-electron chi connectivity index (χ0n) is 21.4. The zero-order valence-corrected chi connectivity index (χ0v) is 21.4. The first-order valence-electron chi connectivity index (χ1n) is 12.7. The summed E-state index contributed by atoms with van der Waals surface area (Å²) in [4.78, 5) is 30.1. The Morgan fingerprint density at radius 1 is 1.06 bits per heavy atom. The lowest BCUT2D eigenvalue weighted by atomic mass is 9.84. The van der Waals surface area contributed by atoms with Crippen LogP contribution < -0.4 is 4.74 Å². The Kier molecular flexibility index (Phi) is 8.41. The molecular weight excluding hydrogens is 452 g/mol. The minimum atomic E-state index is -0.537. The largest absolute Gasteiger partial charge is 0.481 e. The standard InChI is InChI=1S/C29H36N4O3/c1-22-10-7-8-11-25(22)20-27(31(3)28(34)21-33-17-9-16-30-33)24-14-18-32(19-15-24)29(35)23(2)36-26-12-5-4-6-13-26/h4-13,16-17,23-24,27H,14-15,18-21H2,1-3H3. The summed E-state index contributed by atoms with van der Waals surface area (Å²) in [6, 6.07) is 19.7. The molecular formula is C29H36N4O3. The highest BCUT2D eigenvalue weighted by Gasteiger charge is 2.34. The summed E-state index contributed by atoms with van der Waals surface area (Å²) in [5.41, 5.74) is 2.49. The second kappa shape index (κ2) is 11.9. The molecule has 7 heteroatoms. The molecule has 0 saturated carbocycles. The molecule has 2 aromatic carbocycles. The van der Waals surface area contributed by atoms with Gasteiger partial charge in [0.15, 0.2) is 6.10 Å². The summed E-state index contributed by atoms with van der Waals surface area (Å²) in [5.74, 6) is 1.05. The van der Waals surface area contributed by atoms with Crippen molar-refractivity contribution in [2.24, 2.45) is 5.92 Å². The van der Waals surface area contributed by atoms with Crippen molar-refractivity contribution in [2.45, 2.75) is 51.8 Å². The van der Waals surface area contributed by atoms with Gasteiger partial charge in [-0.3, -0.25) is 14.3 Å². The third-order valence-corrected chi connectivity index (χ3v) is 7.24. The topological polar surface area (TPSA) is 67.7 Å². The average Bonchev–Trinajstić information content (AvgIpc) is 3.41. The number of hydrogen-bond donors (Lipinski definition) is 0. The molecule has 2 atom stereocenters. The Labute approximate surface area is 213 Å². The molecule has 2 unspecified atom stereocenters. The first-order chi connectivity index (χ1) is 17.4. The number of piperidine rings is 1. The number of para-hydroxylation sites is 1. The molecule has 3 aromatic rings. The number of carbonyl (C=O) groups excluding carboxylic acids is 2. The maximum atomic E-state index is 13.2. The van der Waals surface area contributed by atoms with E-state index in [1.807, 2.05) is 72.4 Å². The van der Waals surface area contributed by atoms with Crippen LogP contribution in [0.4, 0.5) is 0 Å². The molecule has 1 aliphatic heterocycles. The number of carbonyl (C=O) groups is 2. The molecule has 0 N–H and O–H groups in total. The number of aromatic nitrogens is 2. The summed E-state index contributed by atoms with van der Waals surface area (Å²) in [5, 5.41) is 4.20. The molecule has 0 spiro atoms. The van der Waals surface area contributed by atoms with Crippen molar-refractivity contribution in [1.82, 2.24) is 19.6 Å². The SMILES string of the molecule is Cc1ccccc1CC(C1CCN(C(=O)C(C)Oc2ccccc2)CC1)N(C)C(=O)Cn1cccn1. The fourth-order valence-corrected chi connectivity index (χ4v) is 5.03. The highest BCUT2D eigenvalue weighted by Crippen LogP contribution is 2.28. The Morgan fingerprint density at radius 2 is 1.75 bits per heavy atom. The van der Waals surface area contributed by atoms with Crippen molar-refractivity contribution >= 4 is 11.8 Å². The van der Waals surface area contributed by atoms with E-state index in [4.69, 9.17) is 4.74 Å². The van der Waals surface area contributed by atoms with Crippen molar-refractivity contribution in [2.75, 3.05) is 20.1 Å². The van der Waals surface area contributed by atoms with Crippen LogP contribution in [0.3, 0.4) is 0 Å². The van der Waals surface area contributed by atoms with Gasteiger partial charge in [0.2, 0.25) is 5.91 Å². The zero-order chi connectivity index (χ0) is 25.5. The Hall–Kier alpha value is -3.61. The van der Waals surface area contributed by atoms with Gasteiger partial charge in [0.1, 0.15) is 12.3 Å². The van der Waals surface area contributed by atoms with Gasteiger partial charge < -0.3 is 14.5 Å². The molecule has 0 radical (unpaired) electrons. The van der Waals surface area contributed by atoms with Crippen LogP contribution in [0.5, 0.6) is 5.75 Å². The Balaban J connectivity index is 1.42. The molecule has 1 fully saturated rings. The number of ether oxygens (including phenoxy) is 1. The molecule has 1 aliphatic rings. The third kappa shape index (κ3) is 6.33. The van der Waals surface area contributed by atoms with Crippen LogP contribution in [-0.2, 0) is 22.6 Å². The predicted octanol–water partition coefficient (Wildman–Crippen LogP) is 3.97. The second-order valence-corrected chi connectivity index (χ2v) is 9.64. The van der Waals surface area contributed by atoms with Gasteiger partial charge in [-0.1, -0.05) is 42.5 Å². The first kappa shape index (κ1) is 25.5. The average molecular weight is 489 g/mol. The van der Waals surface area contributed by atoms with Gasteiger partial charge in [-0.25, -0.2) is 0 Å². The van der Waals surface area contributed by atoms with E-state index in [9.17, 15) is 9.59 Å². The maximum absolute atomic E-state index is 13.2. The highest BCUT2D eigenvalue weighted by atomic mass is 16.5. The molecule has 1 saturated heterocycles. The first-order valence-corrected chi connectivity index (χ1v) is 12.7. The second-order valence-electron chi connectivity index (χ2n) is 9.64. The van der Waals surface area contributed by atoms with Gasteiger partial charge in [0, 0.05) is 38.6 Å². The number of likely N-dealkylation sites (tertiary alicyclic amines) is 1. The van der Waals surface area contributed by atoms with Crippen LogP contribution >= 0.6 is 0 Å². The van der Waals surface area contributed by atoms with E-state index in [0.29, 0.717) is 24.8 Å². The van der Waals surface area contributed by atoms with E-state index in [1.165, 1.54) is 11.1 Å². The normalized spacial score (nSPS) is 15.8. The molecule has 2 heterocycles. The number of likely N-dealkylation sites (N-methyl/N-ethyl adjacent to an activating group) is 1. The number of aryl methyl sites for hydroxylation is 1. The Bertz CT molecular complexity index is 1120. The summed E-state index contributed by atoms with van der Waals surface area (Å²) >= 11 is 0. The number of amides is 2. The van der Waals surface area contributed by atoms with Crippen molar-refractivity contribution in [3.8, 4) is 5.75 Å². The van der Waals surface area contributed by atoms with Gasteiger partial charge in [0.25, 0.3) is 5.91 Å². The lowest BCUT2D eigenvalue weighted by Crippen LogP contribution is -2.50. The van der Waals surface area contributed by atoms with Crippen LogP contribution in [0.2, 0.25) is 0 Å². The third-order valence-electron chi connectivity index (χ3n) is 7.24.